The Labute approximate surface area is 130 Å². The minimum atomic E-state index is -0.947. The van der Waals surface area contributed by atoms with E-state index in [9.17, 15) is 14.7 Å². The molecule has 22 heavy (non-hydrogen) atoms. The average Bonchev–Trinajstić information content (AvgIpc) is 3.32. The Balaban J connectivity index is 2.03. The minimum absolute atomic E-state index is 0.0423. The maximum atomic E-state index is 12.5. The zero-order valence-corrected chi connectivity index (χ0v) is 13.3. The Morgan fingerprint density at radius 3 is 2.32 bits per heavy atom. The minimum Gasteiger partial charge on any atom is -0.497 e. The van der Waals surface area contributed by atoms with E-state index in [1.54, 1.807) is 18.9 Å². The van der Waals surface area contributed by atoms with E-state index < -0.39 is 12.0 Å². The van der Waals surface area contributed by atoms with Crippen LogP contribution in [0.15, 0.2) is 24.3 Å². The van der Waals surface area contributed by atoms with Gasteiger partial charge in [0.1, 0.15) is 11.8 Å². The Bertz CT molecular complexity index is 536. The van der Waals surface area contributed by atoms with Gasteiger partial charge in [-0.15, -0.1) is 0 Å². The summed E-state index contributed by atoms with van der Waals surface area (Å²) in [7, 11) is 1.61. The molecule has 0 heterocycles. The summed E-state index contributed by atoms with van der Waals surface area (Å²) in [6.45, 7) is 3.56. The van der Waals surface area contributed by atoms with Crippen molar-refractivity contribution in [1.29, 1.82) is 0 Å². The molecule has 0 radical (unpaired) electrons. The van der Waals surface area contributed by atoms with Crippen molar-refractivity contribution in [2.24, 2.45) is 0 Å². The Kier molecular flexibility index (Phi) is 5.06. The Hall–Kier alpha value is -2.04. The van der Waals surface area contributed by atoms with Crippen LogP contribution in [0.25, 0.3) is 0 Å². The van der Waals surface area contributed by atoms with E-state index in [1.165, 1.54) is 0 Å². The molecule has 1 aromatic rings. The number of ether oxygens (including phenoxy) is 1. The topological polar surface area (TPSA) is 66.8 Å². The van der Waals surface area contributed by atoms with Crippen molar-refractivity contribution in [1.82, 2.24) is 4.90 Å². The summed E-state index contributed by atoms with van der Waals surface area (Å²) < 4.78 is 5.13. The number of aliphatic carboxylic acids is 1. The number of rotatable bonds is 7. The third-order valence-corrected chi connectivity index (χ3v) is 4.17. The van der Waals surface area contributed by atoms with Gasteiger partial charge in [-0.05, 0) is 43.4 Å². The van der Waals surface area contributed by atoms with Gasteiger partial charge in [0.15, 0.2) is 0 Å². The highest BCUT2D eigenvalue weighted by Crippen LogP contribution is 2.31. The maximum absolute atomic E-state index is 12.5. The second-order valence-corrected chi connectivity index (χ2v) is 5.92. The molecule has 1 saturated carbocycles. The van der Waals surface area contributed by atoms with Crippen LogP contribution in [0.4, 0.5) is 0 Å². The first-order valence-electron chi connectivity index (χ1n) is 7.62. The summed E-state index contributed by atoms with van der Waals surface area (Å²) >= 11 is 0. The molecule has 1 amide bonds. The van der Waals surface area contributed by atoms with E-state index in [4.69, 9.17) is 4.74 Å². The number of carbonyl (C=O) groups excluding carboxylic acids is 1. The van der Waals surface area contributed by atoms with Gasteiger partial charge in [-0.3, -0.25) is 4.79 Å². The Morgan fingerprint density at radius 1 is 1.27 bits per heavy atom. The van der Waals surface area contributed by atoms with Crippen molar-refractivity contribution in [3.63, 3.8) is 0 Å². The zero-order valence-electron chi connectivity index (χ0n) is 13.3. The molecular formula is C17H23NO4. The summed E-state index contributed by atoms with van der Waals surface area (Å²) in [4.78, 5) is 25.3. The number of benzene rings is 1. The molecule has 1 aliphatic carbocycles. The molecule has 0 aliphatic heterocycles. The van der Waals surface area contributed by atoms with E-state index in [0.29, 0.717) is 6.42 Å². The van der Waals surface area contributed by atoms with Crippen LogP contribution in [-0.4, -0.2) is 41.1 Å². The van der Waals surface area contributed by atoms with E-state index in [0.717, 1.165) is 24.2 Å². The van der Waals surface area contributed by atoms with Gasteiger partial charge in [0.2, 0.25) is 5.91 Å². The molecule has 2 atom stereocenters. The fourth-order valence-corrected chi connectivity index (χ4v) is 2.63. The fourth-order valence-electron chi connectivity index (χ4n) is 2.63. The third-order valence-electron chi connectivity index (χ3n) is 4.17. The van der Waals surface area contributed by atoms with Crippen molar-refractivity contribution < 1.29 is 19.4 Å². The first-order chi connectivity index (χ1) is 10.4. The first kappa shape index (κ1) is 16.3. The van der Waals surface area contributed by atoms with Crippen LogP contribution < -0.4 is 4.74 Å². The number of nitrogens with zero attached hydrogens (tertiary/aromatic N) is 1. The number of hydrogen-bond acceptors (Lipinski definition) is 3. The van der Waals surface area contributed by atoms with Crippen molar-refractivity contribution in [2.75, 3.05) is 7.11 Å². The number of amides is 1. The van der Waals surface area contributed by atoms with Crippen LogP contribution in [0.1, 0.15) is 44.6 Å². The highest BCUT2D eigenvalue weighted by atomic mass is 16.5. The second kappa shape index (κ2) is 6.81. The lowest BCUT2D eigenvalue weighted by Crippen LogP contribution is -2.45. The van der Waals surface area contributed by atoms with Gasteiger partial charge >= 0.3 is 5.97 Å². The SMILES string of the molecule is COc1ccc(C(C)CC(=O)N(C2CC2)C(C)C(=O)O)cc1. The quantitative estimate of drug-likeness (QED) is 0.841. The van der Waals surface area contributed by atoms with Gasteiger partial charge in [0.05, 0.1) is 7.11 Å². The van der Waals surface area contributed by atoms with Crippen LogP contribution in [0.3, 0.4) is 0 Å². The highest BCUT2D eigenvalue weighted by molar-refractivity contribution is 5.84. The third kappa shape index (κ3) is 3.78. The summed E-state index contributed by atoms with van der Waals surface area (Å²) in [6.07, 6.45) is 2.13. The van der Waals surface area contributed by atoms with E-state index >= 15 is 0 Å². The molecule has 0 saturated heterocycles. The lowest BCUT2D eigenvalue weighted by atomic mass is 9.96. The van der Waals surface area contributed by atoms with Gasteiger partial charge in [-0.1, -0.05) is 19.1 Å². The molecule has 1 aliphatic rings. The molecule has 1 aromatic carbocycles. The molecule has 0 aromatic heterocycles. The largest absolute Gasteiger partial charge is 0.497 e. The molecule has 1 N–H and O–H groups in total. The summed E-state index contributed by atoms with van der Waals surface area (Å²) in [5.74, 6) is -0.208. The predicted octanol–water partition coefficient (Wildman–Crippen LogP) is 2.65. The van der Waals surface area contributed by atoms with Crippen LogP contribution in [0.5, 0.6) is 5.75 Å². The lowest BCUT2D eigenvalue weighted by molar-refractivity contribution is -0.150. The molecule has 2 rings (SSSR count). The van der Waals surface area contributed by atoms with E-state index in [2.05, 4.69) is 0 Å². The predicted molar refractivity (Wildman–Crippen MR) is 83.0 cm³/mol. The normalized spacial score (nSPS) is 16.7. The summed E-state index contributed by atoms with van der Waals surface area (Å²) in [6, 6.07) is 6.96. The van der Waals surface area contributed by atoms with Crippen molar-refractivity contribution in [3.8, 4) is 5.75 Å². The molecule has 5 heteroatoms. The Morgan fingerprint density at radius 2 is 1.86 bits per heavy atom. The van der Waals surface area contributed by atoms with Gasteiger partial charge in [-0.2, -0.15) is 0 Å². The molecule has 120 valence electrons. The van der Waals surface area contributed by atoms with E-state index in [-0.39, 0.29) is 17.9 Å². The number of hydrogen-bond donors (Lipinski definition) is 1. The van der Waals surface area contributed by atoms with Crippen LogP contribution in [0.2, 0.25) is 0 Å². The van der Waals surface area contributed by atoms with Gasteiger partial charge in [0.25, 0.3) is 0 Å². The van der Waals surface area contributed by atoms with Crippen LogP contribution in [0, 0.1) is 0 Å². The van der Waals surface area contributed by atoms with Gasteiger partial charge in [0, 0.05) is 12.5 Å². The van der Waals surface area contributed by atoms with Gasteiger partial charge < -0.3 is 14.7 Å². The zero-order chi connectivity index (χ0) is 16.3. The molecule has 2 unspecified atom stereocenters. The van der Waals surface area contributed by atoms with Crippen molar-refractivity contribution >= 4 is 11.9 Å². The average molecular weight is 305 g/mol. The first-order valence-corrected chi connectivity index (χ1v) is 7.62. The highest BCUT2D eigenvalue weighted by Gasteiger charge is 2.38. The van der Waals surface area contributed by atoms with Crippen LogP contribution in [-0.2, 0) is 9.59 Å². The molecule has 0 bridgehead atoms. The summed E-state index contributed by atoms with van der Waals surface area (Å²) in [5, 5.41) is 9.18. The monoisotopic (exact) mass is 305 g/mol. The van der Waals surface area contributed by atoms with Crippen LogP contribution >= 0.6 is 0 Å². The number of methoxy groups -OCH3 is 1. The van der Waals surface area contributed by atoms with Gasteiger partial charge in [-0.25, -0.2) is 4.79 Å². The fraction of sp³-hybridized carbons (Fsp3) is 0.529. The standard InChI is InChI=1S/C17H23NO4/c1-11(13-4-8-15(22-3)9-5-13)10-16(19)18(14-6-7-14)12(2)17(20)21/h4-5,8-9,11-12,14H,6-7,10H2,1-3H3,(H,20,21). The van der Waals surface area contributed by atoms with E-state index in [1.807, 2.05) is 31.2 Å². The molecule has 1 fully saturated rings. The maximum Gasteiger partial charge on any atom is 0.326 e. The second-order valence-electron chi connectivity index (χ2n) is 5.92. The number of carbonyl (C=O) groups is 2. The van der Waals surface area contributed by atoms with Crippen molar-refractivity contribution in [3.05, 3.63) is 29.8 Å². The van der Waals surface area contributed by atoms with Crippen molar-refractivity contribution in [2.45, 2.75) is 51.1 Å². The number of carboxylic acid groups (broad SMARTS) is 1. The summed E-state index contributed by atoms with van der Waals surface area (Å²) in [5.41, 5.74) is 1.05. The lowest BCUT2D eigenvalue weighted by Gasteiger charge is -2.27. The molecular weight excluding hydrogens is 282 g/mol. The molecule has 0 spiro atoms. The smallest absolute Gasteiger partial charge is 0.326 e. The number of carboxylic acids is 1. The molecule has 5 nitrogen and oxygen atoms in total.